The topological polar surface area (TPSA) is 36.4 Å². The molecule has 5 heteroatoms. The molecule has 0 spiro atoms. The Morgan fingerprint density at radius 1 is 1.08 bits per heavy atom. The zero-order chi connectivity index (χ0) is 17.6. The van der Waals surface area contributed by atoms with Crippen LogP contribution in [0.2, 0.25) is 5.15 Å². The molecule has 1 aromatic carbocycles. The van der Waals surface area contributed by atoms with Crippen molar-refractivity contribution in [3.05, 3.63) is 58.7 Å². The molecule has 0 aliphatic carbocycles. The van der Waals surface area contributed by atoms with Crippen LogP contribution in [0.3, 0.4) is 0 Å². The summed E-state index contributed by atoms with van der Waals surface area (Å²) in [5.41, 5.74) is 2.57. The second kappa shape index (κ2) is 8.34. The number of aryl methyl sites for hydroxylation is 2. The molecule has 2 aromatic rings. The van der Waals surface area contributed by atoms with Gasteiger partial charge in [-0.05, 0) is 37.5 Å². The maximum atomic E-state index is 12.4. The highest BCUT2D eigenvalue weighted by molar-refractivity contribution is 6.29. The van der Waals surface area contributed by atoms with Crippen LogP contribution in [-0.2, 0) is 11.2 Å². The van der Waals surface area contributed by atoms with E-state index in [0.717, 1.165) is 44.8 Å². The average Bonchev–Trinajstić information content (AvgIpc) is 2.63. The van der Waals surface area contributed by atoms with Gasteiger partial charge in [-0.3, -0.25) is 4.79 Å². The summed E-state index contributed by atoms with van der Waals surface area (Å²) in [5.74, 6) is 1.14. The normalized spacial score (nSPS) is 14.6. The van der Waals surface area contributed by atoms with Crippen molar-refractivity contribution in [1.29, 1.82) is 0 Å². The standard InChI is InChI=1S/C20H24ClN3O/c1-16-8-10-17(11-9-16)4-2-7-20(25)24-14-12-23(13-15-24)19-6-3-5-18(21)22-19/h3,5-6,8-11H,2,4,7,12-15H2,1H3. The lowest BCUT2D eigenvalue weighted by molar-refractivity contribution is -0.131. The fourth-order valence-corrected chi connectivity index (χ4v) is 3.27. The van der Waals surface area contributed by atoms with Gasteiger partial charge in [-0.2, -0.15) is 0 Å². The zero-order valence-electron chi connectivity index (χ0n) is 14.6. The molecule has 1 aromatic heterocycles. The zero-order valence-corrected chi connectivity index (χ0v) is 15.4. The van der Waals surface area contributed by atoms with Gasteiger partial charge < -0.3 is 9.80 Å². The molecule has 4 nitrogen and oxygen atoms in total. The predicted octanol–water partition coefficient (Wildman–Crippen LogP) is 3.71. The highest BCUT2D eigenvalue weighted by Gasteiger charge is 2.21. The number of hydrogen-bond donors (Lipinski definition) is 0. The number of aromatic nitrogens is 1. The van der Waals surface area contributed by atoms with Crippen molar-refractivity contribution in [3.63, 3.8) is 0 Å². The molecule has 1 aliphatic heterocycles. The van der Waals surface area contributed by atoms with Crippen LogP contribution in [0.15, 0.2) is 42.5 Å². The molecule has 1 aliphatic rings. The lowest BCUT2D eigenvalue weighted by atomic mass is 10.1. The SMILES string of the molecule is Cc1ccc(CCCC(=O)N2CCN(c3cccc(Cl)n3)CC2)cc1. The highest BCUT2D eigenvalue weighted by Crippen LogP contribution is 2.17. The minimum Gasteiger partial charge on any atom is -0.353 e. The van der Waals surface area contributed by atoms with Gasteiger partial charge in [-0.25, -0.2) is 4.98 Å². The Morgan fingerprint density at radius 3 is 2.48 bits per heavy atom. The molecule has 1 amide bonds. The van der Waals surface area contributed by atoms with Crippen LogP contribution >= 0.6 is 11.6 Å². The van der Waals surface area contributed by atoms with Crippen LogP contribution in [0, 0.1) is 6.92 Å². The van der Waals surface area contributed by atoms with Crippen molar-refractivity contribution < 1.29 is 4.79 Å². The Morgan fingerprint density at radius 2 is 1.80 bits per heavy atom. The van der Waals surface area contributed by atoms with Crippen molar-refractivity contribution in [2.45, 2.75) is 26.2 Å². The summed E-state index contributed by atoms with van der Waals surface area (Å²) in [4.78, 5) is 20.9. The van der Waals surface area contributed by atoms with E-state index in [0.29, 0.717) is 11.6 Å². The number of benzene rings is 1. The van der Waals surface area contributed by atoms with Gasteiger partial charge in [0.1, 0.15) is 11.0 Å². The molecular weight excluding hydrogens is 334 g/mol. The van der Waals surface area contributed by atoms with Crippen LogP contribution in [0.4, 0.5) is 5.82 Å². The number of piperazine rings is 1. The number of pyridine rings is 1. The fourth-order valence-electron chi connectivity index (χ4n) is 3.12. The van der Waals surface area contributed by atoms with Crippen LogP contribution in [0.25, 0.3) is 0 Å². The summed E-state index contributed by atoms with van der Waals surface area (Å²) >= 11 is 5.96. The Hall–Kier alpha value is -2.07. The maximum absolute atomic E-state index is 12.4. The quantitative estimate of drug-likeness (QED) is 0.765. The van der Waals surface area contributed by atoms with Crippen LogP contribution in [0.5, 0.6) is 0 Å². The number of hydrogen-bond acceptors (Lipinski definition) is 3. The summed E-state index contributed by atoms with van der Waals surface area (Å²) < 4.78 is 0. The van der Waals surface area contributed by atoms with E-state index in [2.05, 4.69) is 41.1 Å². The first kappa shape index (κ1) is 17.7. The van der Waals surface area contributed by atoms with Crippen molar-refractivity contribution in [2.24, 2.45) is 0 Å². The van der Waals surface area contributed by atoms with Crippen LogP contribution < -0.4 is 4.90 Å². The number of anilines is 1. The molecule has 0 saturated carbocycles. The van der Waals surface area contributed by atoms with Gasteiger partial charge in [0.25, 0.3) is 0 Å². The summed E-state index contributed by atoms with van der Waals surface area (Å²) in [5, 5.41) is 0.507. The second-order valence-corrected chi connectivity index (χ2v) is 6.91. The van der Waals surface area contributed by atoms with Gasteiger partial charge >= 0.3 is 0 Å². The van der Waals surface area contributed by atoms with Crippen molar-refractivity contribution >= 4 is 23.3 Å². The van der Waals surface area contributed by atoms with E-state index in [4.69, 9.17) is 11.6 Å². The minimum absolute atomic E-state index is 0.255. The van der Waals surface area contributed by atoms with Crippen LogP contribution in [0.1, 0.15) is 24.0 Å². The first-order valence-corrected chi connectivity index (χ1v) is 9.20. The summed E-state index contributed by atoms with van der Waals surface area (Å²) in [6, 6.07) is 14.2. The molecule has 0 bridgehead atoms. The van der Waals surface area contributed by atoms with Crippen molar-refractivity contribution in [3.8, 4) is 0 Å². The van der Waals surface area contributed by atoms with Gasteiger partial charge in [-0.15, -0.1) is 0 Å². The monoisotopic (exact) mass is 357 g/mol. The number of rotatable bonds is 5. The third-order valence-electron chi connectivity index (χ3n) is 4.63. The lowest BCUT2D eigenvalue weighted by Gasteiger charge is -2.35. The van der Waals surface area contributed by atoms with E-state index < -0.39 is 0 Å². The third-order valence-corrected chi connectivity index (χ3v) is 4.84. The minimum atomic E-state index is 0.255. The second-order valence-electron chi connectivity index (χ2n) is 6.53. The van der Waals surface area contributed by atoms with Gasteiger partial charge in [0, 0.05) is 32.6 Å². The molecule has 2 heterocycles. The number of carbonyl (C=O) groups excluding carboxylic acids is 1. The molecule has 1 saturated heterocycles. The fraction of sp³-hybridized carbons (Fsp3) is 0.400. The van der Waals surface area contributed by atoms with Crippen molar-refractivity contribution in [1.82, 2.24) is 9.88 Å². The predicted molar refractivity (Wildman–Crippen MR) is 102 cm³/mol. The number of halogens is 1. The van der Waals surface area contributed by atoms with E-state index in [1.165, 1.54) is 11.1 Å². The highest BCUT2D eigenvalue weighted by atomic mass is 35.5. The largest absolute Gasteiger partial charge is 0.353 e. The molecule has 132 valence electrons. The molecule has 1 fully saturated rings. The van der Waals surface area contributed by atoms with Crippen LogP contribution in [-0.4, -0.2) is 42.0 Å². The lowest BCUT2D eigenvalue weighted by Crippen LogP contribution is -2.49. The van der Waals surface area contributed by atoms with E-state index >= 15 is 0 Å². The Labute approximate surface area is 154 Å². The summed E-state index contributed by atoms with van der Waals surface area (Å²) in [6.45, 7) is 5.19. The summed E-state index contributed by atoms with van der Waals surface area (Å²) in [6.07, 6.45) is 2.47. The average molecular weight is 358 g/mol. The van der Waals surface area contributed by atoms with Gasteiger partial charge in [0.2, 0.25) is 5.91 Å². The molecule has 25 heavy (non-hydrogen) atoms. The van der Waals surface area contributed by atoms with E-state index in [1.807, 2.05) is 17.0 Å². The Kier molecular flexibility index (Phi) is 5.92. The molecule has 0 atom stereocenters. The van der Waals surface area contributed by atoms with Gasteiger partial charge in [0.15, 0.2) is 0 Å². The first-order chi connectivity index (χ1) is 12.1. The Bertz CT molecular complexity index is 709. The maximum Gasteiger partial charge on any atom is 0.222 e. The number of amides is 1. The van der Waals surface area contributed by atoms with E-state index in [9.17, 15) is 4.79 Å². The molecule has 0 radical (unpaired) electrons. The number of nitrogens with zero attached hydrogens (tertiary/aromatic N) is 3. The summed E-state index contributed by atoms with van der Waals surface area (Å²) in [7, 11) is 0. The van der Waals surface area contributed by atoms with Gasteiger partial charge in [-0.1, -0.05) is 47.5 Å². The molecular formula is C20H24ClN3O. The molecule has 3 rings (SSSR count). The molecule has 0 unspecified atom stereocenters. The van der Waals surface area contributed by atoms with Crippen molar-refractivity contribution in [2.75, 3.05) is 31.1 Å². The Balaban J connectivity index is 1.43. The van der Waals surface area contributed by atoms with E-state index in [-0.39, 0.29) is 5.91 Å². The first-order valence-electron chi connectivity index (χ1n) is 8.82. The number of carbonyl (C=O) groups is 1. The molecule has 0 N–H and O–H groups in total. The smallest absolute Gasteiger partial charge is 0.222 e. The third kappa shape index (κ3) is 4.95. The van der Waals surface area contributed by atoms with Gasteiger partial charge in [0.05, 0.1) is 0 Å². The van der Waals surface area contributed by atoms with E-state index in [1.54, 1.807) is 6.07 Å².